The van der Waals surface area contributed by atoms with Crippen molar-refractivity contribution in [3.05, 3.63) is 30.1 Å². The topological polar surface area (TPSA) is 17.8 Å². The van der Waals surface area contributed by atoms with Crippen molar-refractivity contribution in [2.45, 2.75) is 13.8 Å². The molecule has 2 nitrogen and oxygen atoms in total. The second-order valence-corrected chi connectivity index (χ2v) is 5.99. The molecule has 0 saturated heterocycles. The number of aryl methyl sites for hydroxylation is 1. The Bertz CT molecular complexity index is 420. The van der Waals surface area contributed by atoms with Gasteiger partial charge >= 0.3 is 88.6 Å². The third kappa shape index (κ3) is 1.57. The first-order valence-electron chi connectivity index (χ1n) is 4.37. The molecule has 0 aliphatic rings. The fraction of sp³-hybridized carbons (Fsp3) is 0.300. The van der Waals surface area contributed by atoms with E-state index in [0.717, 1.165) is 11.3 Å². The molecule has 13 heavy (non-hydrogen) atoms. The number of nitrogens with zero attached hydrogens (tertiary/aromatic N) is 2. The van der Waals surface area contributed by atoms with E-state index in [1.165, 1.54) is 9.94 Å². The Kier molecular flexibility index (Phi) is 2.53. The van der Waals surface area contributed by atoms with Crippen LogP contribution in [0.1, 0.15) is 12.7 Å². The summed E-state index contributed by atoms with van der Waals surface area (Å²) in [6, 6.07) is 8.37. The summed E-state index contributed by atoms with van der Waals surface area (Å²) in [5.41, 5.74) is 2.43. The van der Waals surface area contributed by atoms with E-state index in [1.807, 2.05) is 6.07 Å². The van der Waals surface area contributed by atoms with E-state index >= 15 is 0 Å². The van der Waals surface area contributed by atoms with Crippen molar-refractivity contribution in [1.29, 1.82) is 0 Å². The number of benzene rings is 1. The van der Waals surface area contributed by atoms with E-state index in [2.05, 4.69) is 39.8 Å². The first-order chi connectivity index (χ1) is 6.33. The molecule has 0 aliphatic carbocycles. The van der Waals surface area contributed by atoms with Crippen molar-refractivity contribution in [1.82, 2.24) is 7.76 Å². The predicted octanol–water partition coefficient (Wildman–Crippen LogP) is -0.783. The van der Waals surface area contributed by atoms with Crippen LogP contribution in [0.4, 0.5) is 0 Å². The molecule has 0 spiro atoms. The Balaban J connectivity index is 2.64. The summed E-state index contributed by atoms with van der Waals surface area (Å²) >= 11 is 0.0978. The van der Waals surface area contributed by atoms with Crippen LogP contribution in [-0.2, 0) is 0 Å². The van der Waals surface area contributed by atoms with Gasteiger partial charge in [-0.2, -0.15) is 0 Å². The monoisotopic (exact) mass is 287 g/mol. The van der Waals surface area contributed by atoms with Gasteiger partial charge < -0.3 is 0 Å². The summed E-state index contributed by atoms with van der Waals surface area (Å²) in [5.74, 6) is 1.16. The third-order valence-corrected chi connectivity index (χ3v) is 4.48. The van der Waals surface area contributed by atoms with Gasteiger partial charge in [0.05, 0.1) is 0 Å². The van der Waals surface area contributed by atoms with Gasteiger partial charge in [0.25, 0.3) is 0 Å². The molecule has 0 saturated carbocycles. The van der Waals surface area contributed by atoms with Crippen LogP contribution in [0.5, 0.6) is 0 Å². The number of fused-ring (bicyclic) bond motifs is 1. The van der Waals surface area contributed by atoms with Gasteiger partial charge in [-0.25, -0.2) is 0 Å². The fourth-order valence-electron chi connectivity index (χ4n) is 1.39. The molecule has 2 aromatic rings. The van der Waals surface area contributed by atoms with E-state index in [0.29, 0.717) is 0 Å². The molecular weight excluding hydrogens is 275 g/mol. The molecule has 2 rings (SSSR count). The molecule has 0 N–H and O–H groups in total. The van der Waals surface area contributed by atoms with E-state index in [4.69, 9.17) is 0 Å². The third-order valence-electron chi connectivity index (χ3n) is 1.90. The molecule has 0 bridgehead atoms. The zero-order valence-electron chi connectivity index (χ0n) is 7.79. The molecule has 1 aromatic heterocycles. The second kappa shape index (κ2) is 3.65. The summed E-state index contributed by atoms with van der Waals surface area (Å²) in [6.45, 7) is 4.33. The Morgan fingerprint density at radius 1 is 1.38 bits per heavy atom. The fourth-order valence-corrected chi connectivity index (χ4v) is 3.45. The Morgan fingerprint density at radius 2 is 2.15 bits per heavy atom. The molecule has 0 atom stereocenters. The van der Waals surface area contributed by atoms with Crippen molar-refractivity contribution >= 4 is 11.0 Å². The van der Waals surface area contributed by atoms with Crippen molar-refractivity contribution in [2.24, 2.45) is 0 Å². The number of aromatic nitrogens is 2. The van der Waals surface area contributed by atoms with Gasteiger partial charge in [-0.05, 0) is 0 Å². The standard InChI is InChI=1S/C10H12IN2/c1-3-11-13-8(2)12-9-6-4-5-7-10(9)13/h4-7H,3H2,1-2H3/q-1. The maximum absolute atomic E-state index is 4.52. The molecule has 1 heterocycles. The Morgan fingerprint density at radius 3 is 2.92 bits per heavy atom. The van der Waals surface area contributed by atoms with Crippen molar-refractivity contribution < 1.29 is 21.5 Å². The summed E-state index contributed by atoms with van der Waals surface area (Å²) in [6.07, 6.45) is 0. The average Bonchev–Trinajstić information content (AvgIpc) is 2.44. The number of halogens is 1. The van der Waals surface area contributed by atoms with Crippen LogP contribution in [0.25, 0.3) is 11.0 Å². The van der Waals surface area contributed by atoms with E-state index in [-0.39, 0.29) is 21.5 Å². The summed E-state index contributed by atoms with van der Waals surface area (Å²) in [7, 11) is 0. The predicted molar refractivity (Wildman–Crippen MR) is 50.4 cm³/mol. The van der Waals surface area contributed by atoms with Crippen LogP contribution in [-0.4, -0.2) is 12.2 Å². The van der Waals surface area contributed by atoms with E-state index in [1.54, 1.807) is 0 Å². The van der Waals surface area contributed by atoms with Crippen LogP contribution in [0, 0.1) is 6.92 Å². The van der Waals surface area contributed by atoms with Gasteiger partial charge in [-0.3, -0.25) is 0 Å². The van der Waals surface area contributed by atoms with Crippen LogP contribution in [0.2, 0.25) is 0 Å². The maximum atomic E-state index is 4.52. The SMILES string of the molecule is CC[I-]n1c(C)nc2ccccc21. The second-order valence-electron chi connectivity index (χ2n) is 2.82. The molecule has 3 heteroatoms. The van der Waals surface area contributed by atoms with Crippen molar-refractivity contribution in [2.75, 3.05) is 4.43 Å². The first kappa shape index (κ1) is 8.99. The molecule has 0 radical (unpaired) electrons. The minimum atomic E-state index is 0.0978. The van der Waals surface area contributed by atoms with Gasteiger partial charge in [-0.15, -0.1) is 0 Å². The number of alkyl halides is 1. The van der Waals surface area contributed by atoms with Crippen molar-refractivity contribution in [3.8, 4) is 0 Å². The van der Waals surface area contributed by atoms with Gasteiger partial charge in [-0.1, -0.05) is 0 Å². The normalized spacial score (nSPS) is 11.2. The molecule has 0 amide bonds. The van der Waals surface area contributed by atoms with Crippen molar-refractivity contribution in [3.63, 3.8) is 0 Å². The number of imidazole rings is 1. The summed E-state index contributed by atoms with van der Waals surface area (Å²) in [5, 5.41) is 0. The molecule has 0 unspecified atom stereocenters. The zero-order valence-corrected chi connectivity index (χ0v) is 9.95. The van der Waals surface area contributed by atoms with Crippen LogP contribution >= 0.6 is 0 Å². The molecule has 1 aromatic carbocycles. The number of rotatable bonds is 2. The molecule has 70 valence electrons. The minimum absolute atomic E-state index is 0.0978. The molecular formula is C10H12IN2-. The first-order valence-corrected chi connectivity index (χ1v) is 6.86. The summed E-state index contributed by atoms with van der Waals surface area (Å²) < 4.78 is 3.65. The van der Waals surface area contributed by atoms with E-state index in [9.17, 15) is 0 Å². The van der Waals surface area contributed by atoms with Gasteiger partial charge in [0, 0.05) is 0 Å². The summed E-state index contributed by atoms with van der Waals surface area (Å²) in [4.78, 5) is 4.52. The van der Waals surface area contributed by atoms with Crippen LogP contribution < -0.4 is 21.5 Å². The quantitative estimate of drug-likeness (QED) is 0.523. The van der Waals surface area contributed by atoms with E-state index < -0.39 is 0 Å². The molecule has 0 fully saturated rings. The van der Waals surface area contributed by atoms with Crippen LogP contribution in [0.3, 0.4) is 0 Å². The van der Waals surface area contributed by atoms with Gasteiger partial charge in [0.15, 0.2) is 0 Å². The average molecular weight is 287 g/mol. The number of hydrogen-bond donors (Lipinski definition) is 0. The van der Waals surface area contributed by atoms with Crippen LogP contribution in [0.15, 0.2) is 24.3 Å². The molecule has 0 aliphatic heterocycles. The number of para-hydroxylation sites is 2. The van der Waals surface area contributed by atoms with Gasteiger partial charge in [0.2, 0.25) is 0 Å². The zero-order chi connectivity index (χ0) is 9.26. The van der Waals surface area contributed by atoms with Gasteiger partial charge in [0.1, 0.15) is 0 Å². The Labute approximate surface area is 88.6 Å². The number of hydrogen-bond acceptors (Lipinski definition) is 1. The Hall–Kier alpha value is -0.580.